The average molecular weight is 224 g/mol. The minimum atomic E-state index is -1.11. The summed E-state index contributed by atoms with van der Waals surface area (Å²) < 4.78 is 0. The molecule has 0 spiro atoms. The van der Waals surface area contributed by atoms with Crippen molar-refractivity contribution >= 4 is 11.9 Å². The van der Waals surface area contributed by atoms with Crippen molar-refractivity contribution < 1.29 is 19.8 Å². The van der Waals surface area contributed by atoms with Gasteiger partial charge < -0.3 is 15.5 Å². The lowest BCUT2D eigenvalue weighted by atomic mass is 10.2. The van der Waals surface area contributed by atoms with Crippen LogP contribution in [0.15, 0.2) is 18.5 Å². The van der Waals surface area contributed by atoms with Crippen LogP contribution in [-0.2, 0) is 4.79 Å². The fraction of sp³-hybridized carbons (Fsp3) is 0.300. The van der Waals surface area contributed by atoms with Crippen LogP contribution in [0.5, 0.6) is 5.75 Å². The van der Waals surface area contributed by atoms with Gasteiger partial charge in [-0.1, -0.05) is 6.92 Å². The van der Waals surface area contributed by atoms with E-state index in [4.69, 9.17) is 5.11 Å². The smallest absolute Gasteiger partial charge is 0.326 e. The molecule has 6 heteroatoms. The number of carbonyl (C=O) groups excluding carboxylic acids is 1. The minimum Gasteiger partial charge on any atom is -0.505 e. The maximum absolute atomic E-state index is 11.6. The summed E-state index contributed by atoms with van der Waals surface area (Å²) in [5.74, 6) is -2.02. The first kappa shape index (κ1) is 12.0. The van der Waals surface area contributed by atoms with Gasteiger partial charge in [0.25, 0.3) is 5.91 Å². The molecule has 1 aromatic heterocycles. The number of carbonyl (C=O) groups is 2. The summed E-state index contributed by atoms with van der Waals surface area (Å²) in [5, 5.41) is 20.4. The normalized spacial score (nSPS) is 11.8. The average Bonchev–Trinajstić information content (AvgIpc) is 2.25. The minimum absolute atomic E-state index is 0.00898. The highest BCUT2D eigenvalue weighted by Crippen LogP contribution is 2.13. The lowest BCUT2D eigenvalue weighted by Crippen LogP contribution is -2.40. The molecule has 16 heavy (non-hydrogen) atoms. The van der Waals surface area contributed by atoms with E-state index in [0.717, 1.165) is 6.20 Å². The second-order valence-corrected chi connectivity index (χ2v) is 3.17. The van der Waals surface area contributed by atoms with Crippen LogP contribution in [0, 0.1) is 0 Å². The molecule has 0 unspecified atom stereocenters. The monoisotopic (exact) mass is 224 g/mol. The van der Waals surface area contributed by atoms with E-state index < -0.39 is 17.9 Å². The van der Waals surface area contributed by atoms with Gasteiger partial charge in [0.2, 0.25) is 0 Å². The standard InChI is InChI=1S/C10H12N2O4/c1-2-7(10(15)16)12-9(14)6-3-4-11-5-8(6)13/h3-5,7,13H,2H2,1H3,(H,12,14)(H,15,16)/t7-/m0/s1. The number of rotatable bonds is 4. The molecule has 6 nitrogen and oxygen atoms in total. The molecule has 0 bridgehead atoms. The molecule has 0 aliphatic rings. The van der Waals surface area contributed by atoms with E-state index in [1.807, 2.05) is 0 Å². The Kier molecular flexibility index (Phi) is 3.82. The quantitative estimate of drug-likeness (QED) is 0.686. The van der Waals surface area contributed by atoms with E-state index >= 15 is 0 Å². The van der Waals surface area contributed by atoms with Gasteiger partial charge in [-0.3, -0.25) is 9.78 Å². The fourth-order valence-corrected chi connectivity index (χ4v) is 1.15. The molecule has 1 aromatic rings. The number of hydrogen-bond acceptors (Lipinski definition) is 4. The van der Waals surface area contributed by atoms with Crippen LogP contribution in [0.25, 0.3) is 0 Å². The molecule has 1 amide bonds. The van der Waals surface area contributed by atoms with E-state index in [0.29, 0.717) is 0 Å². The van der Waals surface area contributed by atoms with Crippen LogP contribution in [0.4, 0.5) is 0 Å². The highest BCUT2D eigenvalue weighted by atomic mass is 16.4. The number of nitrogens with zero attached hydrogens (tertiary/aromatic N) is 1. The van der Waals surface area contributed by atoms with Gasteiger partial charge >= 0.3 is 5.97 Å². The Hall–Kier alpha value is -2.11. The summed E-state index contributed by atoms with van der Waals surface area (Å²) in [4.78, 5) is 25.9. The topological polar surface area (TPSA) is 99.5 Å². The number of hydrogen-bond donors (Lipinski definition) is 3. The van der Waals surface area contributed by atoms with Crippen molar-refractivity contribution in [3.63, 3.8) is 0 Å². The largest absolute Gasteiger partial charge is 0.505 e. The van der Waals surface area contributed by atoms with Crippen molar-refractivity contribution in [1.29, 1.82) is 0 Å². The number of aromatic nitrogens is 1. The second kappa shape index (κ2) is 5.11. The zero-order valence-electron chi connectivity index (χ0n) is 8.67. The highest BCUT2D eigenvalue weighted by molar-refractivity contribution is 5.98. The number of aromatic hydroxyl groups is 1. The second-order valence-electron chi connectivity index (χ2n) is 3.17. The summed E-state index contributed by atoms with van der Waals surface area (Å²) >= 11 is 0. The van der Waals surface area contributed by atoms with Gasteiger partial charge in [0.15, 0.2) is 0 Å². The van der Waals surface area contributed by atoms with Crippen LogP contribution in [0.3, 0.4) is 0 Å². The molecule has 0 aromatic carbocycles. The number of nitrogens with one attached hydrogen (secondary N) is 1. The summed E-state index contributed by atoms with van der Waals surface area (Å²) in [6, 6.07) is 0.360. The van der Waals surface area contributed by atoms with Crippen molar-refractivity contribution in [2.75, 3.05) is 0 Å². The van der Waals surface area contributed by atoms with Gasteiger partial charge in [-0.15, -0.1) is 0 Å². The molecule has 1 atom stereocenters. The number of pyridine rings is 1. The van der Waals surface area contributed by atoms with E-state index in [1.165, 1.54) is 12.3 Å². The van der Waals surface area contributed by atoms with Crippen molar-refractivity contribution in [1.82, 2.24) is 10.3 Å². The molecule has 3 N–H and O–H groups in total. The Morgan fingerprint density at radius 2 is 2.25 bits per heavy atom. The van der Waals surface area contributed by atoms with Gasteiger partial charge in [-0.05, 0) is 12.5 Å². The van der Waals surface area contributed by atoms with E-state index in [1.54, 1.807) is 6.92 Å². The summed E-state index contributed by atoms with van der Waals surface area (Å²) in [6.07, 6.45) is 2.74. The molecule has 0 saturated heterocycles. The number of carboxylic acids is 1. The van der Waals surface area contributed by atoms with Crippen LogP contribution < -0.4 is 5.32 Å². The van der Waals surface area contributed by atoms with E-state index in [-0.39, 0.29) is 17.7 Å². The third-order valence-corrected chi connectivity index (χ3v) is 2.06. The molecule has 0 fully saturated rings. The lowest BCUT2D eigenvalue weighted by Gasteiger charge is -2.12. The van der Waals surface area contributed by atoms with Crippen molar-refractivity contribution in [3.05, 3.63) is 24.0 Å². The highest BCUT2D eigenvalue weighted by Gasteiger charge is 2.19. The van der Waals surface area contributed by atoms with Crippen molar-refractivity contribution in [3.8, 4) is 5.75 Å². The van der Waals surface area contributed by atoms with Gasteiger partial charge in [0.1, 0.15) is 11.8 Å². The molecule has 1 heterocycles. The predicted molar refractivity (Wildman–Crippen MR) is 55.1 cm³/mol. The van der Waals surface area contributed by atoms with Gasteiger partial charge in [-0.25, -0.2) is 4.79 Å². The number of amides is 1. The third kappa shape index (κ3) is 2.69. The van der Waals surface area contributed by atoms with E-state index in [2.05, 4.69) is 10.3 Å². The molecular formula is C10H12N2O4. The first-order chi connectivity index (χ1) is 7.56. The Labute approximate surface area is 91.9 Å². The zero-order chi connectivity index (χ0) is 12.1. The molecule has 1 rings (SSSR count). The van der Waals surface area contributed by atoms with Gasteiger partial charge in [-0.2, -0.15) is 0 Å². The van der Waals surface area contributed by atoms with Crippen LogP contribution in [0.2, 0.25) is 0 Å². The van der Waals surface area contributed by atoms with Crippen LogP contribution >= 0.6 is 0 Å². The Morgan fingerprint density at radius 1 is 1.56 bits per heavy atom. The first-order valence-corrected chi connectivity index (χ1v) is 4.73. The zero-order valence-corrected chi connectivity index (χ0v) is 8.67. The first-order valence-electron chi connectivity index (χ1n) is 4.73. The number of aliphatic carboxylic acids is 1. The Balaban J connectivity index is 2.80. The Bertz CT molecular complexity index is 406. The van der Waals surface area contributed by atoms with Gasteiger partial charge in [0.05, 0.1) is 11.8 Å². The third-order valence-electron chi connectivity index (χ3n) is 2.06. The SMILES string of the molecule is CC[C@H](NC(=O)c1ccncc1O)C(=O)O. The molecule has 0 saturated carbocycles. The molecule has 0 aliphatic heterocycles. The number of carboxylic acid groups (broad SMARTS) is 1. The summed E-state index contributed by atoms with van der Waals surface area (Å²) in [6.45, 7) is 1.64. The van der Waals surface area contributed by atoms with Crippen molar-refractivity contribution in [2.45, 2.75) is 19.4 Å². The molecular weight excluding hydrogens is 212 g/mol. The molecule has 0 aliphatic carbocycles. The maximum Gasteiger partial charge on any atom is 0.326 e. The Morgan fingerprint density at radius 3 is 2.75 bits per heavy atom. The van der Waals surface area contributed by atoms with Crippen LogP contribution in [-0.4, -0.2) is 33.1 Å². The van der Waals surface area contributed by atoms with Gasteiger partial charge in [0, 0.05) is 6.20 Å². The summed E-state index contributed by atoms with van der Waals surface area (Å²) in [5.41, 5.74) is 0.00898. The van der Waals surface area contributed by atoms with E-state index in [9.17, 15) is 14.7 Å². The van der Waals surface area contributed by atoms with Crippen molar-refractivity contribution in [2.24, 2.45) is 0 Å². The summed E-state index contributed by atoms with van der Waals surface area (Å²) in [7, 11) is 0. The molecule has 0 radical (unpaired) electrons. The predicted octanol–water partition coefficient (Wildman–Crippen LogP) is 0.380. The maximum atomic E-state index is 11.6. The van der Waals surface area contributed by atoms with Crippen LogP contribution in [0.1, 0.15) is 23.7 Å². The fourth-order valence-electron chi connectivity index (χ4n) is 1.15. The molecule has 86 valence electrons. The lowest BCUT2D eigenvalue weighted by molar-refractivity contribution is -0.139.